The standard InChI is InChI=1S/C15H30N2/c1-13-6-4-5-7-14(13)16-12-15(2)8-10-17(3)11-9-15/h13-14,16H,4-12H2,1-3H3. The molecule has 0 amide bonds. The van der Waals surface area contributed by atoms with Crippen LogP contribution in [0.25, 0.3) is 0 Å². The summed E-state index contributed by atoms with van der Waals surface area (Å²) in [6.45, 7) is 8.68. The van der Waals surface area contributed by atoms with Crippen LogP contribution in [0.2, 0.25) is 0 Å². The highest BCUT2D eigenvalue weighted by atomic mass is 15.1. The molecule has 17 heavy (non-hydrogen) atoms. The Morgan fingerprint density at radius 3 is 2.47 bits per heavy atom. The minimum atomic E-state index is 0.545. The molecule has 2 rings (SSSR count). The summed E-state index contributed by atoms with van der Waals surface area (Å²) in [4.78, 5) is 2.46. The Hall–Kier alpha value is -0.0800. The highest BCUT2D eigenvalue weighted by Gasteiger charge is 2.30. The zero-order valence-electron chi connectivity index (χ0n) is 12.0. The zero-order valence-corrected chi connectivity index (χ0v) is 12.0. The van der Waals surface area contributed by atoms with Gasteiger partial charge in [0.2, 0.25) is 0 Å². The molecule has 2 fully saturated rings. The third-order valence-corrected chi connectivity index (χ3v) is 5.10. The fourth-order valence-electron chi connectivity index (χ4n) is 3.33. The van der Waals surface area contributed by atoms with E-state index in [1.165, 1.54) is 58.2 Å². The molecule has 1 aliphatic heterocycles. The second-order valence-corrected chi connectivity index (χ2v) is 6.86. The van der Waals surface area contributed by atoms with Crippen LogP contribution in [-0.2, 0) is 0 Å². The van der Waals surface area contributed by atoms with Crippen LogP contribution in [0.4, 0.5) is 0 Å². The molecular weight excluding hydrogens is 208 g/mol. The van der Waals surface area contributed by atoms with Gasteiger partial charge in [-0.2, -0.15) is 0 Å². The van der Waals surface area contributed by atoms with Crippen molar-refractivity contribution in [3.63, 3.8) is 0 Å². The van der Waals surface area contributed by atoms with Crippen LogP contribution in [0.1, 0.15) is 52.4 Å². The molecule has 2 nitrogen and oxygen atoms in total. The summed E-state index contributed by atoms with van der Waals surface area (Å²) in [5.41, 5.74) is 0.545. The van der Waals surface area contributed by atoms with Crippen LogP contribution in [0, 0.1) is 11.3 Å². The van der Waals surface area contributed by atoms with Crippen LogP contribution in [0.15, 0.2) is 0 Å². The van der Waals surface area contributed by atoms with E-state index in [9.17, 15) is 0 Å². The second-order valence-electron chi connectivity index (χ2n) is 6.86. The van der Waals surface area contributed by atoms with E-state index in [0.717, 1.165) is 12.0 Å². The lowest BCUT2D eigenvalue weighted by Gasteiger charge is -2.40. The molecule has 1 heterocycles. The van der Waals surface area contributed by atoms with Gasteiger partial charge in [0.1, 0.15) is 0 Å². The van der Waals surface area contributed by atoms with Crippen LogP contribution in [-0.4, -0.2) is 37.6 Å². The number of nitrogens with zero attached hydrogens (tertiary/aromatic N) is 1. The number of hydrogen-bond acceptors (Lipinski definition) is 2. The van der Waals surface area contributed by atoms with E-state index in [2.05, 4.69) is 31.1 Å². The first-order chi connectivity index (χ1) is 8.09. The van der Waals surface area contributed by atoms with E-state index in [1.54, 1.807) is 0 Å². The van der Waals surface area contributed by atoms with Crippen molar-refractivity contribution in [2.24, 2.45) is 11.3 Å². The van der Waals surface area contributed by atoms with E-state index in [4.69, 9.17) is 0 Å². The van der Waals surface area contributed by atoms with Gasteiger partial charge in [-0.05, 0) is 57.2 Å². The molecule has 2 unspecified atom stereocenters. The van der Waals surface area contributed by atoms with Crippen molar-refractivity contribution in [1.29, 1.82) is 0 Å². The maximum atomic E-state index is 3.88. The highest BCUT2D eigenvalue weighted by Crippen LogP contribution is 2.31. The lowest BCUT2D eigenvalue weighted by Crippen LogP contribution is -2.46. The molecule has 0 bridgehead atoms. The van der Waals surface area contributed by atoms with Crippen molar-refractivity contribution in [3.05, 3.63) is 0 Å². The van der Waals surface area contributed by atoms with Crippen molar-refractivity contribution in [2.45, 2.75) is 58.4 Å². The summed E-state index contributed by atoms with van der Waals surface area (Å²) in [5, 5.41) is 3.88. The average Bonchev–Trinajstić information content (AvgIpc) is 2.33. The van der Waals surface area contributed by atoms with Crippen LogP contribution >= 0.6 is 0 Å². The molecule has 0 radical (unpaired) electrons. The number of rotatable bonds is 3. The lowest BCUT2D eigenvalue weighted by molar-refractivity contribution is 0.125. The molecule has 1 saturated heterocycles. The summed E-state index contributed by atoms with van der Waals surface area (Å²) >= 11 is 0. The average molecular weight is 238 g/mol. The molecule has 2 aliphatic rings. The second kappa shape index (κ2) is 5.71. The van der Waals surface area contributed by atoms with Gasteiger partial charge in [0.05, 0.1) is 0 Å². The first-order valence-electron chi connectivity index (χ1n) is 7.51. The number of piperidine rings is 1. The van der Waals surface area contributed by atoms with Gasteiger partial charge >= 0.3 is 0 Å². The Kier molecular flexibility index (Phi) is 4.48. The van der Waals surface area contributed by atoms with Crippen molar-refractivity contribution in [2.75, 3.05) is 26.7 Å². The Morgan fingerprint density at radius 1 is 1.18 bits per heavy atom. The first kappa shape index (κ1) is 13.4. The summed E-state index contributed by atoms with van der Waals surface area (Å²) < 4.78 is 0. The SMILES string of the molecule is CC1CCCCC1NCC1(C)CCN(C)CC1. The van der Waals surface area contributed by atoms with Gasteiger partial charge in [-0.3, -0.25) is 0 Å². The van der Waals surface area contributed by atoms with Gasteiger partial charge < -0.3 is 10.2 Å². The van der Waals surface area contributed by atoms with Gasteiger partial charge in [-0.1, -0.05) is 26.7 Å². The normalized spacial score (nSPS) is 34.8. The summed E-state index contributed by atoms with van der Waals surface area (Å²) in [6, 6.07) is 0.792. The smallest absolute Gasteiger partial charge is 0.00929 e. The highest BCUT2D eigenvalue weighted by molar-refractivity contribution is 4.86. The van der Waals surface area contributed by atoms with E-state index in [1.807, 2.05) is 0 Å². The summed E-state index contributed by atoms with van der Waals surface area (Å²) in [6.07, 6.45) is 8.42. The summed E-state index contributed by atoms with van der Waals surface area (Å²) in [7, 11) is 2.25. The Bertz CT molecular complexity index is 231. The molecule has 1 N–H and O–H groups in total. The molecule has 100 valence electrons. The fraction of sp³-hybridized carbons (Fsp3) is 1.00. The molecule has 0 aromatic rings. The molecule has 2 heteroatoms. The summed E-state index contributed by atoms with van der Waals surface area (Å²) in [5.74, 6) is 0.888. The van der Waals surface area contributed by atoms with E-state index in [0.29, 0.717) is 5.41 Å². The molecule has 0 aromatic heterocycles. The van der Waals surface area contributed by atoms with E-state index in [-0.39, 0.29) is 0 Å². The zero-order chi connectivity index (χ0) is 12.3. The van der Waals surface area contributed by atoms with Crippen molar-refractivity contribution < 1.29 is 0 Å². The van der Waals surface area contributed by atoms with Gasteiger partial charge in [0.15, 0.2) is 0 Å². The molecule has 0 aromatic carbocycles. The Balaban J connectivity index is 1.76. The van der Waals surface area contributed by atoms with E-state index < -0.39 is 0 Å². The molecule has 1 saturated carbocycles. The van der Waals surface area contributed by atoms with Crippen LogP contribution < -0.4 is 5.32 Å². The van der Waals surface area contributed by atoms with Crippen LogP contribution in [0.5, 0.6) is 0 Å². The third-order valence-electron chi connectivity index (χ3n) is 5.10. The lowest BCUT2D eigenvalue weighted by atomic mass is 9.79. The minimum Gasteiger partial charge on any atom is -0.313 e. The van der Waals surface area contributed by atoms with Gasteiger partial charge in [-0.25, -0.2) is 0 Å². The number of hydrogen-bond donors (Lipinski definition) is 1. The molecule has 0 spiro atoms. The van der Waals surface area contributed by atoms with Crippen molar-refractivity contribution >= 4 is 0 Å². The van der Waals surface area contributed by atoms with Crippen molar-refractivity contribution in [1.82, 2.24) is 10.2 Å². The minimum absolute atomic E-state index is 0.545. The van der Waals surface area contributed by atoms with Gasteiger partial charge in [0.25, 0.3) is 0 Å². The number of likely N-dealkylation sites (tertiary alicyclic amines) is 1. The number of nitrogens with one attached hydrogen (secondary N) is 1. The Labute approximate surface area is 107 Å². The maximum absolute atomic E-state index is 3.88. The first-order valence-corrected chi connectivity index (χ1v) is 7.51. The fourth-order valence-corrected chi connectivity index (χ4v) is 3.33. The molecule has 1 aliphatic carbocycles. The maximum Gasteiger partial charge on any atom is 0.00929 e. The van der Waals surface area contributed by atoms with E-state index >= 15 is 0 Å². The Morgan fingerprint density at radius 2 is 1.82 bits per heavy atom. The van der Waals surface area contributed by atoms with Gasteiger partial charge in [-0.15, -0.1) is 0 Å². The van der Waals surface area contributed by atoms with Crippen molar-refractivity contribution in [3.8, 4) is 0 Å². The predicted molar refractivity (Wildman–Crippen MR) is 74.3 cm³/mol. The quantitative estimate of drug-likeness (QED) is 0.813. The topological polar surface area (TPSA) is 15.3 Å². The predicted octanol–water partition coefficient (Wildman–Crippen LogP) is 2.89. The van der Waals surface area contributed by atoms with Gasteiger partial charge in [0, 0.05) is 12.6 Å². The monoisotopic (exact) mass is 238 g/mol. The van der Waals surface area contributed by atoms with Crippen LogP contribution in [0.3, 0.4) is 0 Å². The largest absolute Gasteiger partial charge is 0.313 e. The third kappa shape index (κ3) is 3.69. The molecule has 2 atom stereocenters. The molecular formula is C15H30N2.